The number of fused-ring (bicyclic) bond motifs is 1. The first-order valence-electron chi connectivity index (χ1n) is 9.36. The van der Waals surface area contributed by atoms with E-state index in [1.165, 1.54) is 11.1 Å². The van der Waals surface area contributed by atoms with E-state index in [4.69, 9.17) is 14.2 Å². The summed E-state index contributed by atoms with van der Waals surface area (Å²) in [5, 5.41) is 3.45. The Morgan fingerprint density at radius 2 is 1.88 bits per heavy atom. The first-order chi connectivity index (χ1) is 12.6. The molecule has 0 unspecified atom stereocenters. The standard InChI is InChI=1S/C20H33N3O3/c1-15(2)14-26-10-6-8-22-20(21-3)23-9-7-16-11-18(24-4)19(25-5)12-17(16)13-23/h11-12,15H,6-10,13-14H2,1-5H3,(H,21,22). The molecule has 1 aromatic carbocycles. The molecule has 0 atom stereocenters. The van der Waals surface area contributed by atoms with Crippen LogP contribution in [0.3, 0.4) is 0 Å². The van der Waals surface area contributed by atoms with Gasteiger partial charge in [-0.15, -0.1) is 0 Å². The molecule has 0 spiro atoms. The van der Waals surface area contributed by atoms with Crippen molar-refractivity contribution in [2.75, 3.05) is 47.6 Å². The first-order valence-corrected chi connectivity index (χ1v) is 9.36. The Hall–Kier alpha value is -1.95. The fourth-order valence-corrected chi connectivity index (χ4v) is 3.09. The minimum Gasteiger partial charge on any atom is -0.493 e. The van der Waals surface area contributed by atoms with Crippen LogP contribution in [0.25, 0.3) is 0 Å². The van der Waals surface area contributed by atoms with Crippen molar-refractivity contribution in [1.82, 2.24) is 10.2 Å². The fraction of sp³-hybridized carbons (Fsp3) is 0.650. The number of ether oxygens (including phenoxy) is 3. The SMILES string of the molecule is CN=C(NCCCOCC(C)C)N1CCc2cc(OC)c(OC)cc2C1. The molecule has 1 heterocycles. The Morgan fingerprint density at radius 1 is 1.19 bits per heavy atom. The third-order valence-electron chi connectivity index (χ3n) is 4.43. The van der Waals surface area contributed by atoms with Gasteiger partial charge in [-0.1, -0.05) is 13.8 Å². The molecule has 1 N–H and O–H groups in total. The maximum absolute atomic E-state index is 5.63. The second kappa shape index (κ2) is 10.3. The Labute approximate surface area is 157 Å². The lowest BCUT2D eigenvalue weighted by Crippen LogP contribution is -2.44. The molecule has 0 radical (unpaired) electrons. The highest BCUT2D eigenvalue weighted by Crippen LogP contribution is 2.33. The molecule has 0 aromatic heterocycles. The van der Waals surface area contributed by atoms with Crippen LogP contribution >= 0.6 is 0 Å². The van der Waals surface area contributed by atoms with Gasteiger partial charge in [-0.2, -0.15) is 0 Å². The molecule has 6 heteroatoms. The smallest absolute Gasteiger partial charge is 0.193 e. The van der Waals surface area contributed by atoms with Gasteiger partial charge in [0.05, 0.1) is 14.2 Å². The summed E-state index contributed by atoms with van der Waals surface area (Å²) in [5.74, 6) is 3.09. The van der Waals surface area contributed by atoms with Crippen LogP contribution in [0.4, 0.5) is 0 Å². The van der Waals surface area contributed by atoms with Crippen LogP contribution < -0.4 is 14.8 Å². The summed E-state index contributed by atoms with van der Waals surface area (Å²) in [5.41, 5.74) is 2.58. The number of nitrogens with one attached hydrogen (secondary N) is 1. The summed E-state index contributed by atoms with van der Waals surface area (Å²) in [7, 11) is 5.18. The number of benzene rings is 1. The monoisotopic (exact) mass is 363 g/mol. The number of hydrogen-bond donors (Lipinski definition) is 1. The van der Waals surface area contributed by atoms with Crippen LogP contribution in [0.1, 0.15) is 31.4 Å². The van der Waals surface area contributed by atoms with Gasteiger partial charge in [-0.25, -0.2) is 0 Å². The molecule has 0 aliphatic carbocycles. The van der Waals surface area contributed by atoms with Crippen molar-refractivity contribution in [2.45, 2.75) is 33.2 Å². The Bertz CT molecular complexity index is 602. The topological polar surface area (TPSA) is 55.3 Å². The molecular formula is C20H33N3O3. The third-order valence-corrected chi connectivity index (χ3v) is 4.43. The van der Waals surface area contributed by atoms with E-state index in [1.807, 2.05) is 7.05 Å². The predicted octanol–water partition coefficient (Wildman–Crippen LogP) is 2.70. The van der Waals surface area contributed by atoms with Crippen LogP contribution in [0.15, 0.2) is 17.1 Å². The van der Waals surface area contributed by atoms with E-state index in [1.54, 1.807) is 14.2 Å². The quantitative estimate of drug-likeness (QED) is 0.437. The van der Waals surface area contributed by atoms with E-state index in [9.17, 15) is 0 Å². The van der Waals surface area contributed by atoms with Crippen molar-refractivity contribution in [2.24, 2.45) is 10.9 Å². The number of rotatable bonds is 8. The number of aliphatic imine (C=N–C) groups is 1. The molecule has 146 valence electrons. The summed E-state index contributed by atoms with van der Waals surface area (Å²) in [6, 6.07) is 4.17. The zero-order valence-corrected chi connectivity index (χ0v) is 16.8. The molecule has 1 aromatic rings. The maximum atomic E-state index is 5.63. The Kier molecular flexibility index (Phi) is 8.04. The molecule has 2 rings (SSSR count). The summed E-state index contributed by atoms with van der Waals surface area (Å²) in [4.78, 5) is 6.72. The lowest BCUT2D eigenvalue weighted by atomic mass is 9.99. The molecular weight excluding hydrogens is 330 g/mol. The first kappa shape index (κ1) is 20.4. The molecule has 1 aliphatic heterocycles. The number of hydrogen-bond acceptors (Lipinski definition) is 4. The second-order valence-electron chi connectivity index (χ2n) is 6.94. The average Bonchev–Trinajstić information content (AvgIpc) is 2.65. The molecule has 0 bridgehead atoms. The lowest BCUT2D eigenvalue weighted by Gasteiger charge is -2.32. The van der Waals surface area contributed by atoms with Crippen molar-refractivity contribution < 1.29 is 14.2 Å². The van der Waals surface area contributed by atoms with Gasteiger partial charge in [-0.3, -0.25) is 4.99 Å². The number of nitrogens with zero attached hydrogens (tertiary/aromatic N) is 2. The van der Waals surface area contributed by atoms with Gasteiger partial charge < -0.3 is 24.4 Å². The van der Waals surface area contributed by atoms with E-state index in [0.29, 0.717) is 5.92 Å². The zero-order chi connectivity index (χ0) is 18.9. The van der Waals surface area contributed by atoms with E-state index in [0.717, 1.165) is 63.1 Å². The van der Waals surface area contributed by atoms with Crippen LogP contribution in [0, 0.1) is 5.92 Å². The normalized spacial score (nSPS) is 14.4. The molecule has 0 saturated carbocycles. The predicted molar refractivity (Wildman–Crippen MR) is 105 cm³/mol. The zero-order valence-electron chi connectivity index (χ0n) is 16.8. The van der Waals surface area contributed by atoms with Gasteiger partial charge in [0.2, 0.25) is 0 Å². The highest BCUT2D eigenvalue weighted by atomic mass is 16.5. The van der Waals surface area contributed by atoms with E-state index >= 15 is 0 Å². The molecule has 26 heavy (non-hydrogen) atoms. The lowest BCUT2D eigenvalue weighted by molar-refractivity contribution is 0.108. The second-order valence-corrected chi connectivity index (χ2v) is 6.94. The van der Waals surface area contributed by atoms with Crippen molar-refractivity contribution >= 4 is 5.96 Å². The van der Waals surface area contributed by atoms with Gasteiger partial charge in [0.25, 0.3) is 0 Å². The Balaban J connectivity index is 1.89. The molecule has 0 fully saturated rings. The number of guanidine groups is 1. The van der Waals surface area contributed by atoms with Crippen LogP contribution in [-0.4, -0.2) is 58.4 Å². The highest BCUT2D eigenvalue weighted by Gasteiger charge is 2.21. The Morgan fingerprint density at radius 3 is 2.50 bits per heavy atom. The van der Waals surface area contributed by atoms with Crippen LogP contribution in [0.5, 0.6) is 11.5 Å². The third kappa shape index (κ3) is 5.53. The van der Waals surface area contributed by atoms with Crippen molar-refractivity contribution in [1.29, 1.82) is 0 Å². The molecule has 6 nitrogen and oxygen atoms in total. The summed E-state index contributed by atoms with van der Waals surface area (Å²) < 4.78 is 16.5. The fourth-order valence-electron chi connectivity index (χ4n) is 3.09. The van der Waals surface area contributed by atoms with E-state index < -0.39 is 0 Å². The largest absolute Gasteiger partial charge is 0.493 e. The van der Waals surface area contributed by atoms with Gasteiger partial charge in [-0.05, 0) is 42.0 Å². The van der Waals surface area contributed by atoms with Gasteiger partial charge >= 0.3 is 0 Å². The number of methoxy groups -OCH3 is 2. The van der Waals surface area contributed by atoms with E-state index in [-0.39, 0.29) is 0 Å². The van der Waals surface area contributed by atoms with Crippen LogP contribution in [-0.2, 0) is 17.7 Å². The summed E-state index contributed by atoms with van der Waals surface area (Å²) in [6.07, 6.45) is 1.94. The molecule has 0 amide bonds. The van der Waals surface area contributed by atoms with Gasteiger partial charge in [0.1, 0.15) is 0 Å². The minimum atomic E-state index is 0.583. The van der Waals surface area contributed by atoms with Crippen molar-refractivity contribution in [3.05, 3.63) is 23.3 Å². The van der Waals surface area contributed by atoms with Crippen molar-refractivity contribution in [3.8, 4) is 11.5 Å². The average molecular weight is 364 g/mol. The van der Waals surface area contributed by atoms with E-state index in [2.05, 4.69) is 41.2 Å². The van der Waals surface area contributed by atoms with Crippen molar-refractivity contribution in [3.63, 3.8) is 0 Å². The summed E-state index contributed by atoms with van der Waals surface area (Å²) in [6.45, 7) is 8.55. The maximum Gasteiger partial charge on any atom is 0.193 e. The minimum absolute atomic E-state index is 0.583. The highest BCUT2D eigenvalue weighted by molar-refractivity contribution is 5.80. The molecule has 1 aliphatic rings. The molecule has 0 saturated heterocycles. The summed E-state index contributed by atoms with van der Waals surface area (Å²) >= 11 is 0. The van der Waals surface area contributed by atoms with Gasteiger partial charge in [0, 0.05) is 39.9 Å². The van der Waals surface area contributed by atoms with Crippen LogP contribution in [0.2, 0.25) is 0 Å². The van der Waals surface area contributed by atoms with Gasteiger partial charge in [0.15, 0.2) is 17.5 Å².